The average Bonchev–Trinajstić information content (AvgIpc) is 2.34. The van der Waals surface area contributed by atoms with Crippen LogP contribution in [0.3, 0.4) is 0 Å². The molecule has 0 spiro atoms. The lowest BCUT2D eigenvalue weighted by molar-refractivity contribution is 0.543. The minimum Gasteiger partial charge on any atom is -0.309 e. The monoisotopic (exact) mass is 248 g/mol. The molecule has 0 amide bonds. The van der Waals surface area contributed by atoms with Gasteiger partial charge in [-0.2, -0.15) is 0 Å². The molecule has 1 aromatic heterocycles. The molecule has 1 N–H and O–H groups in total. The normalized spacial score (nSPS) is 12.4. The van der Waals surface area contributed by atoms with Crippen LogP contribution in [0.4, 0.5) is 8.78 Å². The largest absolute Gasteiger partial charge is 0.309 e. The molecule has 0 aliphatic heterocycles. The van der Waals surface area contributed by atoms with Gasteiger partial charge < -0.3 is 5.32 Å². The van der Waals surface area contributed by atoms with Crippen LogP contribution in [-0.2, 0) is 0 Å². The van der Waals surface area contributed by atoms with E-state index in [1.807, 2.05) is 13.0 Å². The summed E-state index contributed by atoms with van der Waals surface area (Å²) in [5.41, 5.74) is 1.64. The predicted octanol–water partition coefficient (Wildman–Crippen LogP) is 2.98. The minimum absolute atomic E-state index is 0.342. The summed E-state index contributed by atoms with van der Waals surface area (Å²) in [6, 6.07) is 5.95. The summed E-state index contributed by atoms with van der Waals surface area (Å²) >= 11 is 0. The van der Waals surface area contributed by atoms with Gasteiger partial charge in [0.2, 0.25) is 0 Å². The zero-order valence-corrected chi connectivity index (χ0v) is 10.2. The van der Waals surface area contributed by atoms with Crippen molar-refractivity contribution < 1.29 is 8.78 Å². The number of nitrogens with zero attached hydrogens (tertiary/aromatic N) is 1. The molecule has 1 unspecified atom stereocenters. The van der Waals surface area contributed by atoms with E-state index in [1.54, 1.807) is 19.2 Å². The number of pyridine rings is 1. The molecular formula is C14H14F2N2. The Kier molecular flexibility index (Phi) is 3.67. The van der Waals surface area contributed by atoms with E-state index in [9.17, 15) is 8.78 Å². The zero-order chi connectivity index (χ0) is 13.1. The fraction of sp³-hybridized carbons (Fsp3) is 0.214. The van der Waals surface area contributed by atoms with Gasteiger partial charge in [0.1, 0.15) is 11.6 Å². The lowest BCUT2D eigenvalue weighted by Gasteiger charge is -2.18. The lowest BCUT2D eigenvalue weighted by Crippen LogP contribution is -2.20. The first-order chi connectivity index (χ1) is 8.63. The van der Waals surface area contributed by atoms with Crippen molar-refractivity contribution in [2.24, 2.45) is 0 Å². The summed E-state index contributed by atoms with van der Waals surface area (Å²) in [6.07, 6.45) is 2.63. The maximum atomic E-state index is 13.9. The molecule has 2 rings (SSSR count). The van der Waals surface area contributed by atoms with Gasteiger partial charge in [0, 0.05) is 17.3 Å². The number of nitrogens with one attached hydrogen (secondary N) is 1. The Labute approximate surface area is 105 Å². The first-order valence-electron chi connectivity index (χ1n) is 5.66. The third-order valence-corrected chi connectivity index (χ3v) is 2.87. The Morgan fingerprint density at radius 1 is 1.11 bits per heavy atom. The van der Waals surface area contributed by atoms with Crippen LogP contribution in [0.25, 0.3) is 0 Å². The van der Waals surface area contributed by atoms with Crippen LogP contribution in [0.1, 0.15) is 22.7 Å². The number of aromatic nitrogens is 1. The van der Waals surface area contributed by atoms with Gasteiger partial charge in [0.25, 0.3) is 0 Å². The summed E-state index contributed by atoms with van der Waals surface area (Å²) in [7, 11) is 1.67. The van der Waals surface area contributed by atoms with Gasteiger partial charge in [-0.3, -0.25) is 4.98 Å². The van der Waals surface area contributed by atoms with Gasteiger partial charge in [-0.25, -0.2) is 8.78 Å². The standard InChI is InChI=1S/C14H14F2N2/c1-9-3-4-10(12(15)7-9)14(17-2)11-5-6-18-8-13(11)16/h3-8,14,17H,1-2H3. The number of aryl methyl sites for hydroxylation is 1. The molecule has 94 valence electrons. The van der Waals surface area contributed by atoms with Crippen molar-refractivity contribution in [3.8, 4) is 0 Å². The molecule has 0 bridgehead atoms. The van der Waals surface area contributed by atoms with Gasteiger partial charge in [-0.15, -0.1) is 0 Å². The zero-order valence-electron chi connectivity index (χ0n) is 10.2. The molecule has 0 saturated carbocycles. The van der Waals surface area contributed by atoms with Gasteiger partial charge in [-0.1, -0.05) is 12.1 Å². The van der Waals surface area contributed by atoms with Crippen LogP contribution < -0.4 is 5.32 Å². The van der Waals surface area contributed by atoms with Gasteiger partial charge >= 0.3 is 0 Å². The van der Waals surface area contributed by atoms with E-state index in [0.717, 1.165) is 11.8 Å². The Bertz CT molecular complexity index is 555. The Hall–Kier alpha value is -1.81. The smallest absolute Gasteiger partial charge is 0.146 e. The lowest BCUT2D eigenvalue weighted by atomic mass is 9.98. The Morgan fingerprint density at radius 2 is 1.83 bits per heavy atom. The molecule has 0 aliphatic carbocycles. The molecule has 0 fully saturated rings. The molecule has 2 nitrogen and oxygen atoms in total. The van der Waals surface area contributed by atoms with Crippen molar-refractivity contribution in [2.45, 2.75) is 13.0 Å². The van der Waals surface area contributed by atoms with E-state index in [2.05, 4.69) is 10.3 Å². The fourth-order valence-electron chi connectivity index (χ4n) is 1.96. The first kappa shape index (κ1) is 12.6. The van der Waals surface area contributed by atoms with Crippen molar-refractivity contribution in [1.82, 2.24) is 10.3 Å². The van der Waals surface area contributed by atoms with E-state index in [4.69, 9.17) is 0 Å². The fourth-order valence-corrected chi connectivity index (χ4v) is 1.96. The summed E-state index contributed by atoms with van der Waals surface area (Å²) in [6.45, 7) is 1.81. The molecular weight excluding hydrogens is 234 g/mol. The molecule has 1 heterocycles. The summed E-state index contributed by atoms with van der Waals surface area (Å²) < 4.78 is 27.6. The van der Waals surface area contributed by atoms with E-state index in [-0.39, 0.29) is 5.82 Å². The molecule has 18 heavy (non-hydrogen) atoms. The van der Waals surface area contributed by atoms with Crippen LogP contribution in [0.15, 0.2) is 36.7 Å². The van der Waals surface area contributed by atoms with E-state index < -0.39 is 11.9 Å². The van der Waals surface area contributed by atoms with E-state index in [1.165, 1.54) is 12.3 Å². The van der Waals surface area contributed by atoms with Gasteiger partial charge in [-0.05, 0) is 31.7 Å². The average molecular weight is 248 g/mol. The van der Waals surface area contributed by atoms with Crippen LogP contribution in [-0.4, -0.2) is 12.0 Å². The van der Waals surface area contributed by atoms with Crippen molar-refractivity contribution in [3.63, 3.8) is 0 Å². The third kappa shape index (κ3) is 2.38. The highest BCUT2D eigenvalue weighted by Crippen LogP contribution is 2.26. The van der Waals surface area contributed by atoms with E-state index >= 15 is 0 Å². The number of halogens is 2. The van der Waals surface area contributed by atoms with E-state index in [0.29, 0.717) is 11.1 Å². The van der Waals surface area contributed by atoms with Crippen molar-refractivity contribution in [3.05, 3.63) is 65.0 Å². The molecule has 0 radical (unpaired) electrons. The third-order valence-electron chi connectivity index (χ3n) is 2.87. The summed E-state index contributed by atoms with van der Waals surface area (Å²) in [5, 5.41) is 2.93. The second kappa shape index (κ2) is 5.23. The summed E-state index contributed by atoms with van der Waals surface area (Å²) in [4.78, 5) is 3.70. The second-order valence-electron chi connectivity index (χ2n) is 4.14. The molecule has 0 aliphatic rings. The quantitative estimate of drug-likeness (QED) is 0.903. The first-order valence-corrected chi connectivity index (χ1v) is 5.66. The van der Waals surface area contributed by atoms with Crippen molar-refractivity contribution in [2.75, 3.05) is 7.05 Å². The minimum atomic E-state index is -0.520. The van der Waals surface area contributed by atoms with Crippen LogP contribution in [0.2, 0.25) is 0 Å². The van der Waals surface area contributed by atoms with Crippen LogP contribution in [0.5, 0.6) is 0 Å². The van der Waals surface area contributed by atoms with Crippen molar-refractivity contribution >= 4 is 0 Å². The van der Waals surface area contributed by atoms with Gasteiger partial charge in [0.05, 0.1) is 12.2 Å². The number of benzene rings is 1. The Morgan fingerprint density at radius 3 is 2.44 bits per heavy atom. The number of rotatable bonds is 3. The SMILES string of the molecule is CNC(c1ccncc1F)c1ccc(C)cc1F. The van der Waals surface area contributed by atoms with Crippen molar-refractivity contribution in [1.29, 1.82) is 0 Å². The highest BCUT2D eigenvalue weighted by molar-refractivity contribution is 5.34. The highest BCUT2D eigenvalue weighted by Gasteiger charge is 2.19. The van der Waals surface area contributed by atoms with Crippen LogP contribution in [0, 0.1) is 18.6 Å². The number of hydrogen-bond acceptors (Lipinski definition) is 2. The molecule has 1 aromatic carbocycles. The second-order valence-corrected chi connectivity index (χ2v) is 4.14. The highest BCUT2D eigenvalue weighted by atomic mass is 19.1. The molecule has 0 saturated heterocycles. The Balaban J connectivity index is 2.49. The maximum absolute atomic E-state index is 13.9. The number of hydrogen-bond donors (Lipinski definition) is 1. The summed E-state index contributed by atoms with van der Waals surface area (Å²) in [5.74, 6) is -0.789. The topological polar surface area (TPSA) is 24.9 Å². The van der Waals surface area contributed by atoms with Crippen LogP contribution >= 0.6 is 0 Å². The molecule has 1 atom stereocenters. The maximum Gasteiger partial charge on any atom is 0.146 e. The van der Waals surface area contributed by atoms with Gasteiger partial charge in [0.15, 0.2) is 0 Å². The molecule has 2 aromatic rings. The predicted molar refractivity (Wildman–Crippen MR) is 66.2 cm³/mol. The molecule has 4 heteroatoms.